The number of rotatable bonds is 7. The van der Waals surface area contributed by atoms with Gasteiger partial charge in [0.1, 0.15) is 0 Å². The van der Waals surface area contributed by atoms with E-state index in [2.05, 4.69) is 22.8 Å². The summed E-state index contributed by atoms with van der Waals surface area (Å²) < 4.78 is 4.99. The molecule has 2 heterocycles. The molecule has 0 aliphatic rings. The van der Waals surface area contributed by atoms with Crippen LogP contribution in [0.5, 0.6) is 0 Å². The second kappa shape index (κ2) is 8.82. The lowest BCUT2D eigenvalue weighted by Crippen LogP contribution is -2.33. The smallest absolute Gasteiger partial charge is 0.287 e. The molecule has 0 bridgehead atoms. The van der Waals surface area contributed by atoms with Crippen molar-refractivity contribution >= 4 is 29.2 Å². The Kier molecular flexibility index (Phi) is 6.01. The summed E-state index contributed by atoms with van der Waals surface area (Å²) in [4.78, 5) is 25.7. The number of carbonyl (C=O) groups excluding carboxylic acids is 2. The van der Waals surface area contributed by atoms with E-state index in [1.54, 1.807) is 29.5 Å². The van der Waals surface area contributed by atoms with Crippen LogP contribution in [0.15, 0.2) is 71.4 Å². The van der Waals surface area contributed by atoms with Crippen molar-refractivity contribution in [2.75, 3.05) is 13.1 Å². The summed E-state index contributed by atoms with van der Waals surface area (Å²) in [6, 6.07) is 17.4. The number of nitrogens with one attached hydrogen (secondary N) is 2. The van der Waals surface area contributed by atoms with E-state index in [4.69, 9.17) is 4.42 Å². The van der Waals surface area contributed by atoms with Gasteiger partial charge in [-0.25, -0.2) is 0 Å². The summed E-state index contributed by atoms with van der Waals surface area (Å²) in [5.74, 6) is -0.248. The fraction of sp³-hybridized carbons (Fsp3) is 0.100. The van der Waals surface area contributed by atoms with E-state index in [0.717, 1.165) is 15.3 Å². The minimum atomic E-state index is -0.299. The molecule has 0 saturated carbocycles. The summed E-state index contributed by atoms with van der Waals surface area (Å²) in [7, 11) is 0. The number of hydrogen-bond donors (Lipinski definition) is 2. The molecule has 26 heavy (non-hydrogen) atoms. The Hall–Kier alpha value is -3.12. The second-order valence-electron chi connectivity index (χ2n) is 5.43. The monoisotopic (exact) mass is 366 g/mol. The summed E-state index contributed by atoms with van der Waals surface area (Å²) in [6.45, 7) is 0.672. The van der Waals surface area contributed by atoms with Crippen molar-refractivity contribution in [3.05, 3.63) is 77.6 Å². The first-order chi connectivity index (χ1) is 12.7. The van der Waals surface area contributed by atoms with Crippen LogP contribution in [0.4, 0.5) is 0 Å². The van der Waals surface area contributed by atoms with Crippen LogP contribution >= 0.6 is 11.3 Å². The Morgan fingerprint density at radius 2 is 1.77 bits per heavy atom. The van der Waals surface area contributed by atoms with Crippen molar-refractivity contribution in [1.82, 2.24) is 10.6 Å². The molecule has 132 valence electrons. The predicted molar refractivity (Wildman–Crippen MR) is 103 cm³/mol. The molecule has 5 nitrogen and oxygen atoms in total. The highest BCUT2D eigenvalue weighted by molar-refractivity contribution is 7.16. The number of thiophene rings is 1. The fourth-order valence-corrected chi connectivity index (χ4v) is 3.19. The first kappa shape index (κ1) is 17.7. The quantitative estimate of drug-likeness (QED) is 0.496. The third-order valence-corrected chi connectivity index (χ3v) is 4.64. The second-order valence-corrected chi connectivity index (χ2v) is 6.54. The molecule has 0 radical (unpaired) electrons. The maximum atomic E-state index is 11.8. The van der Waals surface area contributed by atoms with Gasteiger partial charge >= 0.3 is 0 Å². The molecule has 3 rings (SSSR count). The van der Waals surface area contributed by atoms with Crippen LogP contribution in [0.25, 0.3) is 16.5 Å². The molecule has 0 aliphatic heterocycles. The maximum Gasteiger partial charge on any atom is 0.287 e. The molecule has 0 unspecified atom stereocenters. The Bertz CT molecular complexity index is 883. The van der Waals surface area contributed by atoms with Gasteiger partial charge in [-0.2, -0.15) is 0 Å². The van der Waals surface area contributed by atoms with E-state index < -0.39 is 0 Å². The third-order valence-electron chi connectivity index (χ3n) is 3.54. The lowest BCUT2D eigenvalue weighted by molar-refractivity contribution is -0.116. The fourth-order valence-electron chi connectivity index (χ4n) is 2.27. The van der Waals surface area contributed by atoms with E-state index in [-0.39, 0.29) is 17.6 Å². The topological polar surface area (TPSA) is 71.3 Å². The predicted octanol–water partition coefficient (Wildman–Crippen LogP) is 3.57. The van der Waals surface area contributed by atoms with Crippen molar-refractivity contribution in [2.45, 2.75) is 0 Å². The van der Waals surface area contributed by atoms with E-state index in [9.17, 15) is 9.59 Å². The Morgan fingerprint density at radius 3 is 2.54 bits per heavy atom. The standard InChI is InChI=1S/C20H18N2O3S/c23-19(21-12-13-22-20(24)17-7-4-14-25-17)11-9-16-8-10-18(26-16)15-5-2-1-3-6-15/h1-11,14H,12-13H2,(H,21,23)(H,22,24)/b11-9+. The van der Waals surface area contributed by atoms with Crippen LogP contribution in [0.1, 0.15) is 15.4 Å². The van der Waals surface area contributed by atoms with Crippen LogP contribution < -0.4 is 10.6 Å². The number of furan rings is 1. The molecule has 0 spiro atoms. The third kappa shape index (κ3) is 4.94. The van der Waals surface area contributed by atoms with Crippen LogP contribution in [0.2, 0.25) is 0 Å². The SMILES string of the molecule is O=C(/C=C/c1ccc(-c2ccccc2)s1)NCCNC(=O)c1ccco1. The van der Waals surface area contributed by atoms with Crippen molar-refractivity contribution in [1.29, 1.82) is 0 Å². The zero-order chi connectivity index (χ0) is 18.2. The van der Waals surface area contributed by atoms with Gasteiger partial charge in [0.05, 0.1) is 6.26 Å². The van der Waals surface area contributed by atoms with Crippen molar-refractivity contribution in [3.8, 4) is 10.4 Å². The highest BCUT2D eigenvalue weighted by Gasteiger charge is 2.06. The van der Waals surface area contributed by atoms with E-state index in [1.807, 2.05) is 30.3 Å². The highest BCUT2D eigenvalue weighted by atomic mass is 32.1. The Morgan fingerprint density at radius 1 is 0.962 bits per heavy atom. The van der Waals surface area contributed by atoms with Crippen LogP contribution in [-0.2, 0) is 4.79 Å². The van der Waals surface area contributed by atoms with Crippen LogP contribution in [0.3, 0.4) is 0 Å². The van der Waals surface area contributed by atoms with Gasteiger partial charge in [-0.15, -0.1) is 11.3 Å². The average Bonchev–Trinajstić information content (AvgIpc) is 3.36. The Balaban J connectivity index is 1.42. The molecule has 0 saturated heterocycles. The lowest BCUT2D eigenvalue weighted by Gasteiger charge is -2.03. The molecule has 2 amide bonds. The van der Waals surface area contributed by atoms with Crippen LogP contribution in [0, 0.1) is 0 Å². The van der Waals surface area contributed by atoms with Gasteiger partial charge in [0.2, 0.25) is 5.91 Å². The first-order valence-corrected chi connectivity index (χ1v) is 8.97. The van der Waals surface area contributed by atoms with Crippen molar-refractivity contribution < 1.29 is 14.0 Å². The van der Waals surface area contributed by atoms with Gasteiger partial charge in [-0.05, 0) is 35.9 Å². The molecular formula is C20H18N2O3S. The number of carbonyl (C=O) groups is 2. The molecule has 0 atom stereocenters. The minimum absolute atomic E-state index is 0.202. The van der Waals surface area contributed by atoms with Crippen molar-refractivity contribution in [2.24, 2.45) is 0 Å². The van der Waals surface area contributed by atoms with Gasteiger partial charge < -0.3 is 15.1 Å². The number of benzene rings is 1. The van der Waals surface area contributed by atoms with Crippen LogP contribution in [-0.4, -0.2) is 24.9 Å². The van der Waals surface area contributed by atoms with Gasteiger partial charge in [0.25, 0.3) is 5.91 Å². The van der Waals surface area contributed by atoms with Gasteiger partial charge in [-0.1, -0.05) is 30.3 Å². The lowest BCUT2D eigenvalue weighted by atomic mass is 10.2. The normalized spacial score (nSPS) is 10.8. The molecular weight excluding hydrogens is 348 g/mol. The molecule has 2 N–H and O–H groups in total. The molecule has 6 heteroatoms. The number of amides is 2. The van der Waals surface area contributed by atoms with Crippen molar-refractivity contribution in [3.63, 3.8) is 0 Å². The zero-order valence-corrected chi connectivity index (χ0v) is 14.8. The average molecular weight is 366 g/mol. The molecule has 3 aromatic rings. The molecule has 0 aliphatic carbocycles. The highest BCUT2D eigenvalue weighted by Crippen LogP contribution is 2.28. The molecule has 0 fully saturated rings. The largest absolute Gasteiger partial charge is 0.459 e. The van der Waals surface area contributed by atoms with Gasteiger partial charge in [-0.3, -0.25) is 9.59 Å². The zero-order valence-electron chi connectivity index (χ0n) is 14.0. The number of hydrogen-bond acceptors (Lipinski definition) is 4. The maximum absolute atomic E-state index is 11.8. The molecule has 2 aromatic heterocycles. The Labute approximate surface area is 155 Å². The van der Waals surface area contributed by atoms with Gasteiger partial charge in [0, 0.05) is 28.9 Å². The van der Waals surface area contributed by atoms with E-state index in [1.165, 1.54) is 12.3 Å². The van der Waals surface area contributed by atoms with Gasteiger partial charge in [0.15, 0.2) is 5.76 Å². The minimum Gasteiger partial charge on any atom is -0.459 e. The summed E-state index contributed by atoms with van der Waals surface area (Å²) in [5.41, 5.74) is 1.16. The first-order valence-electron chi connectivity index (χ1n) is 8.15. The van der Waals surface area contributed by atoms with E-state index in [0.29, 0.717) is 13.1 Å². The summed E-state index contributed by atoms with van der Waals surface area (Å²) in [6.07, 6.45) is 4.72. The summed E-state index contributed by atoms with van der Waals surface area (Å²) in [5, 5.41) is 5.39. The van der Waals surface area contributed by atoms with E-state index >= 15 is 0 Å². The summed E-state index contributed by atoms with van der Waals surface area (Å²) >= 11 is 1.62. The molecule has 1 aromatic carbocycles.